The van der Waals surface area contributed by atoms with Crippen molar-refractivity contribution in [2.45, 2.75) is 20.3 Å². The predicted molar refractivity (Wildman–Crippen MR) is 103 cm³/mol. The molecule has 8 heteroatoms. The van der Waals surface area contributed by atoms with Crippen LogP contribution in [0.1, 0.15) is 30.0 Å². The highest BCUT2D eigenvalue weighted by Crippen LogP contribution is 2.25. The van der Waals surface area contributed by atoms with Gasteiger partial charge in [0.25, 0.3) is 5.91 Å². The van der Waals surface area contributed by atoms with E-state index in [1.165, 1.54) is 3.97 Å². The first kappa shape index (κ1) is 19.4. The number of benzene rings is 1. The Morgan fingerprint density at radius 3 is 2.68 bits per heavy atom. The third kappa shape index (κ3) is 4.79. The highest BCUT2D eigenvalue weighted by atomic mass is 79.9. The number of rotatable bonds is 5. The summed E-state index contributed by atoms with van der Waals surface area (Å²) >= 11 is 3.30. The van der Waals surface area contributed by atoms with Crippen LogP contribution in [0.4, 0.5) is 3.89 Å². The van der Waals surface area contributed by atoms with Crippen molar-refractivity contribution in [2.75, 3.05) is 6.54 Å². The molecule has 5 nitrogen and oxygen atoms in total. The van der Waals surface area contributed by atoms with Crippen LogP contribution in [-0.2, 0) is 6.42 Å². The van der Waals surface area contributed by atoms with E-state index in [0.29, 0.717) is 24.0 Å². The lowest BCUT2D eigenvalue weighted by molar-refractivity contribution is 0.0944. The number of halogens is 2. The molecule has 0 fully saturated rings. The fourth-order valence-corrected chi connectivity index (χ4v) is 2.96. The third-order valence-corrected chi connectivity index (χ3v) is 4.30. The zero-order chi connectivity index (χ0) is 18.2. The van der Waals surface area contributed by atoms with Gasteiger partial charge in [0.2, 0.25) is 5.82 Å². The van der Waals surface area contributed by atoms with E-state index >= 15 is 0 Å². The van der Waals surface area contributed by atoms with Crippen molar-refractivity contribution in [1.82, 2.24) is 19.3 Å². The third-order valence-electron chi connectivity index (χ3n) is 3.30. The van der Waals surface area contributed by atoms with Crippen LogP contribution in [0, 0.1) is 0 Å². The van der Waals surface area contributed by atoms with Gasteiger partial charge in [0.05, 0.1) is 11.0 Å². The quantitative estimate of drug-likeness (QED) is 0.651. The number of hydrogen-bond acceptors (Lipinski definition) is 4. The predicted octanol–water partition coefficient (Wildman–Crippen LogP) is 4.57. The minimum atomic E-state index is -0.406. The zero-order valence-corrected chi connectivity index (χ0v) is 16.3. The van der Waals surface area contributed by atoms with Gasteiger partial charge in [0, 0.05) is 23.4 Å². The van der Waals surface area contributed by atoms with Crippen LogP contribution in [-0.4, -0.2) is 26.4 Å². The number of imidazole rings is 1. The lowest BCUT2D eigenvalue weighted by Crippen LogP contribution is -2.27. The summed E-state index contributed by atoms with van der Waals surface area (Å²) in [5.41, 5.74) is 2.18. The number of aromatic nitrogens is 3. The molecule has 0 radical (unpaired) electrons. The minimum absolute atomic E-state index is 0.0346. The van der Waals surface area contributed by atoms with Gasteiger partial charge in [-0.25, -0.2) is 8.96 Å². The molecular weight excluding hydrogens is 407 g/mol. The first-order valence-electron chi connectivity index (χ1n) is 7.83. The van der Waals surface area contributed by atoms with Gasteiger partial charge >= 0.3 is 0 Å². The summed E-state index contributed by atoms with van der Waals surface area (Å²) in [6.07, 6.45) is 4.07. The first-order chi connectivity index (χ1) is 12.2. The summed E-state index contributed by atoms with van der Waals surface area (Å²) in [4.78, 5) is 20.4. The molecule has 1 aromatic carbocycles. The van der Waals surface area contributed by atoms with Crippen molar-refractivity contribution in [2.24, 2.45) is 0 Å². The van der Waals surface area contributed by atoms with E-state index in [4.69, 9.17) is 0 Å². The lowest BCUT2D eigenvalue weighted by Gasteiger charge is -2.05. The van der Waals surface area contributed by atoms with Crippen molar-refractivity contribution in [1.29, 1.82) is 0 Å². The van der Waals surface area contributed by atoms with Crippen LogP contribution < -0.4 is 5.32 Å². The van der Waals surface area contributed by atoms with Crippen molar-refractivity contribution < 1.29 is 8.68 Å². The first-order valence-corrected chi connectivity index (χ1v) is 9.30. The number of carbonyl (C=O) groups excluding carboxylic acids is 1. The molecule has 132 valence electrons. The number of fused-ring (bicyclic) bond motifs is 1. The molecule has 0 aliphatic carbocycles. The van der Waals surface area contributed by atoms with Crippen LogP contribution in [0.25, 0.3) is 11.0 Å². The van der Waals surface area contributed by atoms with Crippen molar-refractivity contribution >= 4 is 45.2 Å². The Kier molecular flexibility index (Phi) is 7.39. The van der Waals surface area contributed by atoms with Crippen LogP contribution in [0.2, 0.25) is 0 Å². The highest BCUT2D eigenvalue weighted by Gasteiger charge is 2.18. The maximum Gasteiger partial charge on any atom is 0.288 e. The lowest BCUT2D eigenvalue weighted by atomic mass is 10.2. The second-order valence-corrected chi connectivity index (χ2v) is 6.21. The van der Waals surface area contributed by atoms with Gasteiger partial charge in [0.15, 0.2) is 12.3 Å². The Morgan fingerprint density at radius 2 is 2.00 bits per heavy atom. The summed E-state index contributed by atoms with van der Waals surface area (Å²) in [7, 11) is 0. The van der Waals surface area contributed by atoms with Crippen LogP contribution >= 0.6 is 28.3 Å². The summed E-state index contributed by atoms with van der Waals surface area (Å²) in [6.45, 7) is 4.44. The Hall–Kier alpha value is -1.93. The molecule has 1 amide bonds. The van der Waals surface area contributed by atoms with Crippen LogP contribution in [0.3, 0.4) is 0 Å². The summed E-state index contributed by atoms with van der Waals surface area (Å²) in [5, 5.41) is 2.76. The van der Waals surface area contributed by atoms with Gasteiger partial charge in [0.1, 0.15) is 0 Å². The molecule has 25 heavy (non-hydrogen) atoms. The number of carbonyl (C=O) groups is 1. The number of amides is 1. The van der Waals surface area contributed by atoms with Gasteiger partial charge in [-0.05, 0) is 42.3 Å². The maximum absolute atomic E-state index is 13.2. The molecule has 2 aromatic heterocycles. The average molecular weight is 425 g/mol. The summed E-state index contributed by atoms with van der Waals surface area (Å²) in [6, 6.07) is 9.01. The molecule has 3 aromatic rings. The van der Waals surface area contributed by atoms with E-state index in [2.05, 4.69) is 31.2 Å². The van der Waals surface area contributed by atoms with Crippen molar-refractivity contribution in [3.63, 3.8) is 0 Å². The molecule has 3 rings (SSSR count). The molecule has 2 heterocycles. The van der Waals surface area contributed by atoms with Gasteiger partial charge in [-0.2, -0.15) is 0 Å². The largest absolute Gasteiger partial charge is 0.349 e. The Morgan fingerprint density at radius 1 is 1.28 bits per heavy atom. The molecule has 0 bridgehead atoms. The van der Waals surface area contributed by atoms with Gasteiger partial charge in [-0.3, -0.25) is 9.78 Å². The minimum Gasteiger partial charge on any atom is -0.349 e. The average Bonchev–Trinajstić information content (AvgIpc) is 3.02. The molecule has 0 unspecified atom stereocenters. The topological polar surface area (TPSA) is 59.8 Å². The van der Waals surface area contributed by atoms with E-state index in [1.54, 1.807) is 30.6 Å². The van der Waals surface area contributed by atoms with Crippen LogP contribution in [0.5, 0.6) is 0 Å². The van der Waals surface area contributed by atoms with Gasteiger partial charge in [-0.1, -0.05) is 29.8 Å². The fourth-order valence-electron chi connectivity index (χ4n) is 2.19. The number of pyridine rings is 1. The highest BCUT2D eigenvalue weighted by molar-refractivity contribution is 9.10. The van der Waals surface area contributed by atoms with Gasteiger partial charge < -0.3 is 5.32 Å². The van der Waals surface area contributed by atoms with E-state index in [9.17, 15) is 8.68 Å². The van der Waals surface area contributed by atoms with E-state index in [0.717, 1.165) is 10.0 Å². The molecule has 0 atom stereocenters. The molecule has 0 aliphatic heterocycles. The van der Waals surface area contributed by atoms with E-state index in [-0.39, 0.29) is 18.2 Å². The molecule has 0 spiro atoms. The summed E-state index contributed by atoms with van der Waals surface area (Å²) in [5.74, 6) is -0.364. The standard InChI is InChI=1S/C15H12BrFN4OS.C2H6/c16-11-1-2-13-12(9-11)20-14(21(13)23-17)15(22)19-8-5-10-3-6-18-7-4-10;1-2/h1-4,6-7,9H,5,8H2,(H,19,22);1-2H3. The fraction of sp³-hybridized carbons (Fsp3) is 0.235. The Labute approximate surface area is 158 Å². The Balaban J connectivity index is 0.00000109. The van der Waals surface area contributed by atoms with Crippen LogP contribution in [0.15, 0.2) is 47.2 Å². The summed E-state index contributed by atoms with van der Waals surface area (Å²) < 4.78 is 15.2. The zero-order valence-electron chi connectivity index (χ0n) is 13.9. The second kappa shape index (κ2) is 9.53. The molecule has 0 saturated heterocycles. The number of hydrogen-bond donors (Lipinski definition) is 1. The molecule has 1 N–H and O–H groups in total. The molecule has 0 saturated carbocycles. The number of nitrogens with one attached hydrogen (secondary N) is 1. The van der Waals surface area contributed by atoms with E-state index in [1.807, 2.05) is 26.0 Å². The van der Waals surface area contributed by atoms with Crippen molar-refractivity contribution in [3.05, 3.63) is 58.6 Å². The molecular formula is C17H18BrFN4OS. The smallest absolute Gasteiger partial charge is 0.288 e. The number of nitrogens with zero attached hydrogens (tertiary/aromatic N) is 3. The van der Waals surface area contributed by atoms with E-state index < -0.39 is 5.91 Å². The van der Waals surface area contributed by atoms with Crippen molar-refractivity contribution in [3.8, 4) is 0 Å². The van der Waals surface area contributed by atoms with Gasteiger partial charge in [-0.15, -0.1) is 3.89 Å². The monoisotopic (exact) mass is 424 g/mol. The Bertz CT molecular complexity index is 841. The SMILES string of the molecule is CC.O=C(NCCc1ccncc1)c1nc2cc(Br)ccc2n1SF. The second-order valence-electron chi connectivity index (χ2n) is 4.79. The maximum atomic E-state index is 13.2. The normalized spacial score (nSPS) is 10.2. The molecule has 0 aliphatic rings.